The van der Waals surface area contributed by atoms with Gasteiger partial charge in [-0.3, -0.25) is 4.90 Å². The number of nitrogens with zero attached hydrogens (tertiary/aromatic N) is 2. The second-order valence-electron chi connectivity index (χ2n) is 2.78. The number of carbonyl (C=O) groups is 1. The zero-order valence-electron chi connectivity index (χ0n) is 8.84. The zero-order chi connectivity index (χ0) is 9.26. The molecule has 0 aliphatic carbocycles. The minimum atomic E-state index is -0.974. The van der Waals surface area contributed by atoms with E-state index in [1.165, 1.54) is 6.34 Å². The maximum atomic E-state index is 10.6. The van der Waals surface area contributed by atoms with Gasteiger partial charge in [0.15, 0.2) is 0 Å². The number of hydrogen-bond donors (Lipinski definition) is 1. The van der Waals surface area contributed by atoms with Gasteiger partial charge in [0, 0.05) is 0 Å². The molecule has 4 nitrogen and oxygen atoms in total. The number of para-hydroxylation sites is 1. The van der Waals surface area contributed by atoms with Gasteiger partial charge in [0.2, 0.25) is 0 Å². The van der Waals surface area contributed by atoms with Crippen LogP contribution in [-0.2, 0) is 6.54 Å². The van der Waals surface area contributed by atoms with Crippen LogP contribution in [0.1, 0.15) is 6.99 Å². The van der Waals surface area contributed by atoms with E-state index in [1.54, 1.807) is 0 Å². The molecule has 1 heterocycles. The van der Waals surface area contributed by atoms with Crippen molar-refractivity contribution in [3.05, 3.63) is 29.8 Å². The maximum Gasteiger partial charge on any atom is 1.00 e. The van der Waals surface area contributed by atoms with Crippen LogP contribution in [0, 0.1) is 0 Å². The van der Waals surface area contributed by atoms with Gasteiger partial charge in [-0.15, -0.1) is 0 Å². The van der Waals surface area contributed by atoms with Crippen LogP contribution in [0.4, 0.5) is 10.5 Å². The largest absolute Gasteiger partial charge is 1.00 e. The van der Waals surface area contributed by atoms with E-state index < -0.39 is 6.09 Å². The molecule has 1 N–H and O–H groups in total. The van der Waals surface area contributed by atoms with Crippen molar-refractivity contribution in [3.8, 4) is 0 Å². The van der Waals surface area contributed by atoms with Crippen molar-refractivity contribution in [1.82, 2.24) is 4.90 Å². The van der Waals surface area contributed by atoms with Gasteiger partial charge >= 0.3 is 57.5 Å². The first-order chi connectivity index (χ1) is 6.27. The van der Waals surface area contributed by atoms with E-state index in [1.807, 2.05) is 24.3 Å². The Labute approximate surface area is 126 Å². The fourth-order valence-electron chi connectivity index (χ4n) is 1.24. The Balaban J connectivity index is 0.000000980. The molecule has 0 bridgehead atoms. The number of fused-ring (bicyclic) bond motifs is 1. The fourth-order valence-corrected chi connectivity index (χ4v) is 1.24. The summed E-state index contributed by atoms with van der Waals surface area (Å²) >= 11 is 0. The monoisotopic (exact) mass is 216 g/mol. The first kappa shape index (κ1) is 11.9. The van der Waals surface area contributed by atoms with Gasteiger partial charge in [-0.05, 0) is 11.6 Å². The van der Waals surface area contributed by atoms with Crippen LogP contribution in [0.25, 0.3) is 0 Å². The average Bonchev–Trinajstić information content (AvgIpc) is 2.17. The van der Waals surface area contributed by atoms with Gasteiger partial charge in [-0.2, -0.15) is 0 Å². The van der Waals surface area contributed by atoms with Crippen molar-refractivity contribution in [3.63, 3.8) is 0 Å². The number of amides is 1. The second kappa shape index (κ2) is 5.04. The van der Waals surface area contributed by atoms with Crippen molar-refractivity contribution in [1.29, 1.82) is 0 Å². The molecule has 0 saturated carbocycles. The summed E-state index contributed by atoms with van der Waals surface area (Å²) in [5, 5.41) is 8.70. The van der Waals surface area contributed by atoms with Crippen molar-refractivity contribution in [2.24, 2.45) is 4.99 Å². The number of rotatable bonds is 0. The van der Waals surface area contributed by atoms with Crippen LogP contribution < -0.4 is 51.4 Å². The summed E-state index contributed by atoms with van der Waals surface area (Å²) in [5.41, 5.74) is 1.78. The Hall–Kier alpha value is -0.204. The predicted octanol–water partition coefficient (Wildman–Crippen LogP) is -1.04. The molecule has 5 heteroatoms. The van der Waals surface area contributed by atoms with E-state index in [2.05, 4.69) is 4.99 Å². The van der Waals surface area contributed by atoms with Crippen LogP contribution in [0.5, 0.6) is 0 Å². The predicted molar refractivity (Wildman–Crippen MR) is 49.3 cm³/mol. The maximum absolute atomic E-state index is 10.6. The Bertz CT molecular complexity index is 384. The normalized spacial score (nSPS) is 13.0. The summed E-state index contributed by atoms with van der Waals surface area (Å²) in [5.74, 6) is 0. The van der Waals surface area contributed by atoms with E-state index in [-0.39, 0.29) is 52.8 Å². The van der Waals surface area contributed by atoms with Gasteiger partial charge in [-0.25, -0.2) is 9.79 Å². The Morgan fingerprint density at radius 3 is 2.93 bits per heavy atom. The number of hydrogen-bond acceptors (Lipinski definition) is 2. The van der Waals surface area contributed by atoms with Gasteiger partial charge in [0.1, 0.15) is 6.34 Å². The van der Waals surface area contributed by atoms with Crippen molar-refractivity contribution >= 4 is 18.1 Å². The smallest absolute Gasteiger partial charge is 1.00 e. The van der Waals surface area contributed by atoms with Gasteiger partial charge < -0.3 is 6.53 Å². The Kier molecular flexibility index (Phi) is 4.27. The summed E-state index contributed by atoms with van der Waals surface area (Å²) in [4.78, 5) is 15.8. The number of aliphatic imine (C=N–C) groups is 1. The van der Waals surface area contributed by atoms with E-state index in [0.717, 1.165) is 16.2 Å². The van der Waals surface area contributed by atoms with Crippen LogP contribution in [-0.4, -0.2) is 22.4 Å². The molecule has 1 amide bonds. The molecular formula is C9H9KN2O2. The average molecular weight is 216 g/mol. The molecule has 1 aromatic rings. The summed E-state index contributed by atoms with van der Waals surface area (Å²) in [6, 6.07) is 7.50. The zero-order valence-corrected chi connectivity index (χ0v) is 11.0. The minimum absolute atomic E-state index is 0. The molecule has 0 saturated heterocycles. The summed E-state index contributed by atoms with van der Waals surface area (Å²) < 4.78 is 0. The molecule has 68 valence electrons. The molecule has 0 fully saturated rings. The quantitative estimate of drug-likeness (QED) is 0.563. The first-order valence-electron chi connectivity index (χ1n) is 3.89. The minimum Gasteiger partial charge on any atom is -1.00 e. The van der Waals surface area contributed by atoms with Crippen molar-refractivity contribution < 1.29 is 62.7 Å². The van der Waals surface area contributed by atoms with Crippen LogP contribution >= 0.6 is 0 Å². The van der Waals surface area contributed by atoms with E-state index in [0.29, 0.717) is 6.54 Å². The summed E-state index contributed by atoms with van der Waals surface area (Å²) in [7, 11) is 0. The molecule has 14 heavy (non-hydrogen) atoms. The first-order valence-corrected chi connectivity index (χ1v) is 3.89. The molecule has 0 unspecified atom stereocenters. The topological polar surface area (TPSA) is 52.9 Å². The molecule has 2 rings (SSSR count). The molecular weight excluding hydrogens is 207 g/mol. The molecule has 1 aromatic carbocycles. The summed E-state index contributed by atoms with van der Waals surface area (Å²) in [6.07, 6.45) is 0.364. The SMILES string of the molecule is O=C(O)N1C=Nc2ccccc2C1.[H-].[K+]. The molecule has 0 aromatic heterocycles. The van der Waals surface area contributed by atoms with E-state index in [4.69, 9.17) is 5.11 Å². The van der Waals surface area contributed by atoms with E-state index in [9.17, 15) is 4.79 Å². The molecule has 1 aliphatic heterocycles. The van der Waals surface area contributed by atoms with Crippen LogP contribution in [0.3, 0.4) is 0 Å². The summed E-state index contributed by atoms with van der Waals surface area (Å²) in [6.45, 7) is 0.384. The third kappa shape index (κ3) is 2.43. The Morgan fingerprint density at radius 2 is 2.21 bits per heavy atom. The second-order valence-corrected chi connectivity index (χ2v) is 2.78. The van der Waals surface area contributed by atoms with Crippen molar-refractivity contribution in [2.45, 2.75) is 6.54 Å². The van der Waals surface area contributed by atoms with Gasteiger partial charge in [0.05, 0.1) is 12.2 Å². The number of carboxylic acid groups (broad SMARTS) is 1. The third-order valence-electron chi connectivity index (χ3n) is 1.91. The molecule has 0 radical (unpaired) electrons. The van der Waals surface area contributed by atoms with Crippen LogP contribution in [0.15, 0.2) is 29.3 Å². The number of benzene rings is 1. The third-order valence-corrected chi connectivity index (χ3v) is 1.91. The fraction of sp³-hybridized carbons (Fsp3) is 0.111. The molecule has 0 spiro atoms. The van der Waals surface area contributed by atoms with E-state index >= 15 is 0 Å². The standard InChI is InChI=1S/C9H8N2O2.K.H/c12-9(13)11-5-7-3-1-2-4-8(7)10-6-11;;/h1-4,6H,5H2,(H,12,13);;/q;+1;-1. The molecule has 1 aliphatic rings. The van der Waals surface area contributed by atoms with Crippen LogP contribution in [0.2, 0.25) is 0 Å². The van der Waals surface area contributed by atoms with Crippen molar-refractivity contribution in [2.75, 3.05) is 0 Å². The van der Waals surface area contributed by atoms with Gasteiger partial charge in [-0.1, -0.05) is 18.2 Å². The van der Waals surface area contributed by atoms with Gasteiger partial charge in [0.25, 0.3) is 0 Å². The Morgan fingerprint density at radius 1 is 1.50 bits per heavy atom. The molecule has 0 atom stereocenters.